The summed E-state index contributed by atoms with van der Waals surface area (Å²) in [5.41, 5.74) is 0. The van der Waals surface area contributed by atoms with Gasteiger partial charge in [-0.15, -0.1) is 0 Å². The number of nitrogens with zero attached hydrogens (tertiary/aromatic N) is 2. The van der Waals surface area contributed by atoms with Crippen LogP contribution >= 0.6 is 0 Å². The van der Waals surface area contributed by atoms with E-state index in [1.807, 2.05) is 11.9 Å². The second-order valence-corrected chi connectivity index (χ2v) is 4.72. The summed E-state index contributed by atoms with van der Waals surface area (Å²) in [6.45, 7) is 4.53. The molecule has 86 valence electrons. The average Bonchev–Trinajstić information content (AvgIpc) is 2.45. The Bertz CT molecular complexity index is 251. The van der Waals surface area contributed by atoms with Crippen LogP contribution in [0, 0.1) is 0 Å². The SMILES string of the molecule is CC(O)C(C)N1CCC(=O)N1C1CCC1. The van der Waals surface area contributed by atoms with Crippen LogP contribution in [0.5, 0.6) is 0 Å². The van der Waals surface area contributed by atoms with E-state index in [-0.39, 0.29) is 11.9 Å². The molecule has 2 fully saturated rings. The smallest absolute Gasteiger partial charge is 0.238 e. The van der Waals surface area contributed by atoms with E-state index < -0.39 is 6.10 Å². The first-order chi connectivity index (χ1) is 7.11. The lowest BCUT2D eigenvalue weighted by molar-refractivity contribution is -0.154. The minimum absolute atomic E-state index is 0.0389. The van der Waals surface area contributed by atoms with E-state index in [1.54, 1.807) is 6.92 Å². The number of carbonyl (C=O) groups excluding carboxylic acids is 1. The molecule has 1 aliphatic heterocycles. The molecule has 1 N–H and O–H groups in total. The molecule has 0 aromatic carbocycles. The van der Waals surface area contributed by atoms with Crippen LogP contribution in [0.3, 0.4) is 0 Å². The summed E-state index contributed by atoms with van der Waals surface area (Å²) < 4.78 is 0. The van der Waals surface area contributed by atoms with Gasteiger partial charge in [0.05, 0.1) is 12.1 Å². The van der Waals surface area contributed by atoms with Gasteiger partial charge in [0, 0.05) is 19.0 Å². The average molecular weight is 212 g/mol. The molecule has 2 atom stereocenters. The summed E-state index contributed by atoms with van der Waals surface area (Å²) >= 11 is 0. The number of amides is 1. The predicted octanol–water partition coefficient (Wildman–Crippen LogP) is 0.757. The minimum atomic E-state index is -0.390. The largest absolute Gasteiger partial charge is 0.392 e. The van der Waals surface area contributed by atoms with E-state index in [9.17, 15) is 9.90 Å². The number of rotatable bonds is 3. The van der Waals surface area contributed by atoms with Crippen molar-refractivity contribution in [2.24, 2.45) is 0 Å². The molecule has 0 bridgehead atoms. The molecule has 0 radical (unpaired) electrons. The highest BCUT2D eigenvalue weighted by Gasteiger charge is 2.40. The highest BCUT2D eigenvalue weighted by molar-refractivity contribution is 5.78. The van der Waals surface area contributed by atoms with E-state index in [2.05, 4.69) is 5.01 Å². The first-order valence-corrected chi connectivity index (χ1v) is 5.88. The fourth-order valence-corrected chi connectivity index (χ4v) is 2.27. The van der Waals surface area contributed by atoms with Gasteiger partial charge in [-0.1, -0.05) is 0 Å². The zero-order chi connectivity index (χ0) is 11.0. The van der Waals surface area contributed by atoms with Crippen molar-refractivity contribution in [3.05, 3.63) is 0 Å². The van der Waals surface area contributed by atoms with Gasteiger partial charge in [0.25, 0.3) is 0 Å². The van der Waals surface area contributed by atoms with Crippen LogP contribution in [0.2, 0.25) is 0 Å². The Balaban J connectivity index is 2.06. The van der Waals surface area contributed by atoms with Crippen molar-refractivity contribution >= 4 is 5.91 Å². The summed E-state index contributed by atoms with van der Waals surface area (Å²) in [6.07, 6.45) is 3.68. The monoisotopic (exact) mass is 212 g/mol. The quantitative estimate of drug-likeness (QED) is 0.751. The molecular formula is C11H20N2O2. The molecule has 1 aliphatic carbocycles. The van der Waals surface area contributed by atoms with Gasteiger partial charge in [-0.25, -0.2) is 5.01 Å². The van der Waals surface area contributed by atoms with Gasteiger partial charge >= 0.3 is 0 Å². The lowest BCUT2D eigenvalue weighted by atomic mass is 9.92. The zero-order valence-electron chi connectivity index (χ0n) is 9.52. The van der Waals surface area contributed by atoms with Crippen molar-refractivity contribution in [1.29, 1.82) is 0 Å². The maximum Gasteiger partial charge on any atom is 0.238 e. The molecule has 0 spiro atoms. The molecule has 1 heterocycles. The van der Waals surface area contributed by atoms with Crippen molar-refractivity contribution in [3.8, 4) is 0 Å². The fraction of sp³-hybridized carbons (Fsp3) is 0.909. The van der Waals surface area contributed by atoms with Gasteiger partial charge in [0.2, 0.25) is 5.91 Å². The van der Waals surface area contributed by atoms with Crippen molar-refractivity contribution in [2.45, 2.75) is 57.7 Å². The van der Waals surface area contributed by atoms with Gasteiger partial charge in [-0.3, -0.25) is 9.80 Å². The minimum Gasteiger partial charge on any atom is -0.392 e. The van der Waals surface area contributed by atoms with Crippen LogP contribution in [0.1, 0.15) is 39.5 Å². The highest BCUT2D eigenvalue weighted by Crippen LogP contribution is 2.31. The Morgan fingerprint density at radius 1 is 1.40 bits per heavy atom. The van der Waals surface area contributed by atoms with Gasteiger partial charge < -0.3 is 5.11 Å². The molecule has 1 saturated carbocycles. The maximum absolute atomic E-state index is 11.7. The number of aliphatic hydroxyl groups is 1. The van der Waals surface area contributed by atoms with Gasteiger partial charge in [-0.05, 0) is 33.1 Å². The number of hydrogen-bond donors (Lipinski definition) is 1. The van der Waals surface area contributed by atoms with Crippen LogP contribution in [0.15, 0.2) is 0 Å². The Morgan fingerprint density at radius 2 is 2.07 bits per heavy atom. The van der Waals surface area contributed by atoms with E-state index in [1.165, 1.54) is 6.42 Å². The molecule has 1 saturated heterocycles. The normalized spacial score (nSPS) is 27.9. The molecule has 0 aromatic rings. The summed E-state index contributed by atoms with van der Waals surface area (Å²) in [6, 6.07) is 0.443. The Hall–Kier alpha value is -0.610. The molecule has 4 heteroatoms. The molecule has 15 heavy (non-hydrogen) atoms. The lowest BCUT2D eigenvalue weighted by Crippen LogP contribution is -2.54. The van der Waals surface area contributed by atoms with Crippen molar-refractivity contribution in [1.82, 2.24) is 10.0 Å². The first-order valence-electron chi connectivity index (χ1n) is 5.88. The van der Waals surface area contributed by atoms with Crippen molar-refractivity contribution < 1.29 is 9.90 Å². The number of carbonyl (C=O) groups is 1. The molecule has 2 aliphatic rings. The van der Waals surface area contributed by atoms with E-state index >= 15 is 0 Å². The topological polar surface area (TPSA) is 43.8 Å². The fourth-order valence-electron chi connectivity index (χ4n) is 2.27. The number of hydrazine groups is 1. The molecular weight excluding hydrogens is 192 g/mol. The van der Waals surface area contributed by atoms with E-state index in [0.29, 0.717) is 12.5 Å². The Kier molecular flexibility index (Phi) is 2.98. The summed E-state index contributed by atoms with van der Waals surface area (Å²) in [5, 5.41) is 13.5. The zero-order valence-corrected chi connectivity index (χ0v) is 9.52. The molecule has 0 aromatic heterocycles. The third kappa shape index (κ3) is 1.88. The molecule has 2 rings (SSSR count). The van der Waals surface area contributed by atoms with Crippen LogP contribution in [0.25, 0.3) is 0 Å². The third-order valence-electron chi connectivity index (χ3n) is 3.68. The molecule has 4 nitrogen and oxygen atoms in total. The molecule has 2 unspecified atom stereocenters. The van der Waals surface area contributed by atoms with Crippen molar-refractivity contribution in [2.75, 3.05) is 6.54 Å². The third-order valence-corrected chi connectivity index (χ3v) is 3.68. The lowest BCUT2D eigenvalue weighted by Gasteiger charge is -2.43. The maximum atomic E-state index is 11.7. The van der Waals surface area contributed by atoms with Crippen LogP contribution in [-0.4, -0.2) is 45.8 Å². The van der Waals surface area contributed by atoms with E-state index in [0.717, 1.165) is 19.4 Å². The predicted molar refractivity (Wildman–Crippen MR) is 57.0 cm³/mol. The standard InChI is InChI=1S/C11H20N2O2/c1-8(9(2)14)12-7-6-11(15)13(12)10-4-3-5-10/h8-10,14H,3-7H2,1-2H3. The van der Waals surface area contributed by atoms with Gasteiger partial charge in [-0.2, -0.15) is 0 Å². The number of aliphatic hydroxyl groups excluding tert-OH is 1. The van der Waals surface area contributed by atoms with E-state index in [4.69, 9.17) is 0 Å². The van der Waals surface area contributed by atoms with Crippen molar-refractivity contribution in [3.63, 3.8) is 0 Å². The summed E-state index contributed by atoms with van der Waals surface area (Å²) in [4.78, 5) is 11.7. The molecule has 1 amide bonds. The van der Waals surface area contributed by atoms with Gasteiger partial charge in [0.1, 0.15) is 0 Å². The van der Waals surface area contributed by atoms with Crippen LogP contribution in [0.4, 0.5) is 0 Å². The number of hydrogen-bond acceptors (Lipinski definition) is 3. The summed E-state index contributed by atoms with van der Waals surface area (Å²) in [5.74, 6) is 0.229. The summed E-state index contributed by atoms with van der Waals surface area (Å²) in [7, 11) is 0. The van der Waals surface area contributed by atoms with Gasteiger partial charge in [0.15, 0.2) is 0 Å². The van der Waals surface area contributed by atoms with Crippen LogP contribution in [-0.2, 0) is 4.79 Å². The van der Waals surface area contributed by atoms with Crippen LogP contribution < -0.4 is 0 Å². The second-order valence-electron chi connectivity index (χ2n) is 4.72. The first kappa shape index (κ1) is 10.9. The Labute approximate surface area is 90.8 Å². The second kappa shape index (κ2) is 4.10. The highest BCUT2D eigenvalue weighted by atomic mass is 16.3. The Morgan fingerprint density at radius 3 is 2.53 bits per heavy atom.